The summed E-state index contributed by atoms with van der Waals surface area (Å²) in [5.41, 5.74) is 5.83. The van der Waals surface area contributed by atoms with Gasteiger partial charge in [0.2, 0.25) is 0 Å². The lowest BCUT2D eigenvalue weighted by atomic mass is 10.1. The van der Waals surface area contributed by atoms with Crippen LogP contribution in [0.1, 0.15) is 32.0 Å². The van der Waals surface area contributed by atoms with Crippen LogP contribution in [0.15, 0.2) is 87.0 Å². The van der Waals surface area contributed by atoms with Crippen LogP contribution >= 0.6 is 0 Å². The largest absolute Gasteiger partial charge is 0.467 e. The fourth-order valence-electron chi connectivity index (χ4n) is 3.59. The van der Waals surface area contributed by atoms with Crippen molar-refractivity contribution in [2.45, 2.75) is 13.1 Å². The summed E-state index contributed by atoms with van der Waals surface area (Å²) in [6.45, 7) is -0.0344. The number of rotatable bonds is 7. The number of hydrogen-bond acceptors (Lipinski definition) is 7. The molecular formula is C25H22N4O6. The Morgan fingerprint density at radius 1 is 1.00 bits per heavy atom. The Bertz CT molecular complexity index is 1450. The minimum absolute atomic E-state index is 0.0892. The van der Waals surface area contributed by atoms with Crippen molar-refractivity contribution in [3.63, 3.8) is 0 Å². The van der Waals surface area contributed by atoms with E-state index in [4.69, 9.17) is 10.2 Å². The highest BCUT2D eigenvalue weighted by molar-refractivity contribution is 6.07. The lowest BCUT2D eigenvalue weighted by molar-refractivity contribution is 0.0600. The van der Waals surface area contributed by atoms with Gasteiger partial charge in [-0.25, -0.2) is 9.59 Å². The number of anilines is 2. The fraction of sp³-hybridized carbons (Fsp3) is 0.120. The van der Waals surface area contributed by atoms with Gasteiger partial charge in [0, 0.05) is 5.56 Å². The van der Waals surface area contributed by atoms with Gasteiger partial charge >= 0.3 is 11.7 Å². The van der Waals surface area contributed by atoms with Crippen LogP contribution in [0.25, 0.3) is 0 Å². The number of nitrogens with zero attached hydrogens (tertiary/aromatic N) is 2. The molecule has 0 saturated heterocycles. The number of hydrogen-bond donors (Lipinski definition) is 2. The fourth-order valence-corrected chi connectivity index (χ4v) is 3.59. The van der Waals surface area contributed by atoms with Crippen molar-refractivity contribution in [1.29, 1.82) is 0 Å². The van der Waals surface area contributed by atoms with Crippen molar-refractivity contribution in [1.82, 2.24) is 9.55 Å². The molecule has 0 fully saturated rings. The van der Waals surface area contributed by atoms with Gasteiger partial charge in [0.25, 0.3) is 11.5 Å². The van der Waals surface area contributed by atoms with E-state index in [2.05, 4.69) is 9.72 Å². The first-order chi connectivity index (χ1) is 16.9. The first-order valence-corrected chi connectivity index (χ1v) is 10.6. The van der Waals surface area contributed by atoms with Gasteiger partial charge < -0.3 is 14.9 Å². The number of aromatic nitrogens is 2. The van der Waals surface area contributed by atoms with Crippen LogP contribution in [0.5, 0.6) is 0 Å². The lowest BCUT2D eigenvalue weighted by Gasteiger charge is -2.24. The number of aromatic amines is 1. The van der Waals surface area contributed by atoms with Crippen molar-refractivity contribution in [3.8, 4) is 0 Å². The Kier molecular flexibility index (Phi) is 6.63. The molecule has 0 saturated carbocycles. The summed E-state index contributed by atoms with van der Waals surface area (Å²) in [4.78, 5) is 54.2. The monoisotopic (exact) mass is 474 g/mol. The maximum atomic E-state index is 13.6. The van der Waals surface area contributed by atoms with Crippen LogP contribution in [0.2, 0.25) is 0 Å². The first-order valence-electron chi connectivity index (χ1n) is 10.6. The van der Waals surface area contributed by atoms with Gasteiger partial charge in [-0.15, -0.1) is 0 Å². The number of carbonyl (C=O) groups is 2. The van der Waals surface area contributed by atoms with E-state index in [1.165, 1.54) is 42.2 Å². The Morgan fingerprint density at radius 3 is 2.31 bits per heavy atom. The van der Waals surface area contributed by atoms with E-state index in [9.17, 15) is 19.2 Å². The van der Waals surface area contributed by atoms with Crippen molar-refractivity contribution in [3.05, 3.63) is 116 Å². The summed E-state index contributed by atoms with van der Waals surface area (Å²) in [6.07, 6.45) is 1.44. The second-order valence-electron chi connectivity index (χ2n) is 7.60. The van der Waals surface area contributed by atoms with Crippen LogP contribution in [0, 0.1) is 0 Å². The summed E-state index contributed by atoms with van der Waals surface area (Å²) in [5, 5.41) is 0. The smallest absolute Gasteiger partial charge is 0.337 e. The number of nitrogen functional groups attached to an aromatic ring is 1. The highest BCUT2D eigenvalue weighted by Gasteiger charge is 2.26. The zero-order chi connectivity index (χ0) is 24.9. The van der Waals surface area contributed by atoms with Gasteiger partial charge in [-0.3, -0.25) is 24.0 Å². The maximum Gasteiger partial charge on any atom is 0.337 e. The number of amides is 1. The quantitative estimate of drug-likeness (QED) is 0.392. The lowest BCUT2D eigenvalue weighted by Crippen LogP contribution is -2.41. The molecule has 0 unspecified atom stereocenters. The topological polar surface area (TPSA) is 141 Å². The molecule has 3 N–H and O–H groups in total. The summed E-state index contributed by atoms with van der Waals surface area (Å²) in [6, 6.07) is 18.1. The number of methoxy groups -OCH3 is 1. The summed E-state index contributed by atoms with van der Waals surface area (Å²) < 4.78 is 11.3. The van der Waals surface area contributed by atoms with Gasteiger partial charge in [-0.2, -0.15) is 0 Å². The van der Waals surface area contributed by atoms with E-state index < -0.39 is 23.1 Å². The van der Waals surface area contributed by atoms with E-state index in [0.717, 1.165) is 10.5 Å². The minimum atomic E-state index is -0.817. The summed E-state index contributed by atoms with van der Waals surface area (Å²) in [7, 11) is 1.26. The molecule has 0 spiro atoms. The van der Waals surface area contributed by atoms with E-state index in [1.54, 1.807) is 12.1 Å². The molecule has 10 nitrogen and oxygen atoms in total. The van der Waals surface area contributed by atoms with Crippen LogP contribution < -0.4 is 21.9 Å². The van der Waals surface area contributed by atoms with E-state index in [0.29, 0.717) is 5.76 Å². The number of H-pyrrole nitrogens is 1. The molecule has 10 heteroatoms. The Hall–Kier alpha value is -4.86. The van der Waals surface area contributed by atoms with Gasteiger partial charge in [0.1, 0.15) is 11.6 Å². The number of ether oxygens (including phenoxy) is 1. The molecule has 0 aliphatic carbocycles. The van der Waals surface area contributed by atoms with Crippen LogP contribution in [0.4, 0.5) is 11.5 Å². The molecular weight excluding hydrogens is 452 g/mol. The minimum Gasteiger partial charge on any atom is -0.467 e. The highest BCUT2D eigenvalue weighted by Crippen LogP contribution is 2.23. The molecule has 2 heterocycles. The van der Waals surface area contributed by atoms with E-state index >= 15 is 0 Å². The van der Waals surface area contributed by atoms with E-state index in [-0.39, 0.29) is 35.7 Å². The van der Waals surface area contributed by atoms with Crippen LogP contribution in [0.3, 0.4) is 0 Å². The molecule has 1 amide bonds. The number of esters is 1. The average Bonchev–Trinajstić information content (AvgIpc) is 3.39. The zero-order valence-corrected chi connectivity index (χ0v) is 18.8. The summed E-state index contributed by atoms with van der Waals surface area (Å²) >= 11 is 0. The molecule has 0 aliphatic heterocycles. The zero-order valence-electron chi connectivity index (χ0n) is 18.8. The average molecular weight is 474 g/mol. The van der Waals surface area contributed by atoms with Gasteiger partial charge in [0.15, 0.2) is 5.69 Å². The SMILES string of the molecule is COC(=O)c1ccc(C(=O)N(Cc2ccco2)c2c(N)n(Cc3ccccc3)c(=O)[nH]c2=O)cc1. The number of nitrogens with one attached hydrogen (secondary N) is 1. The molecule has 2 aromatic heterocycles. The second-order valence-corrected chi connectivity index (χ2v) is 7.60. The van der Waals surface area contributed by atoms with Crippen LogP contribution in [-0.4, -0.2) is 28.5 Å². The molecule has 0 atom stereocenters. The third kappa shape index (κ3) is 4.91. The Labute approximate surface area is 199 Å². The number of nitrogens with two attached hydrogens (primary N) is 1. The third-order valence-electron chi connectivity index (χ3n) is 5.36. The summed E-state index contributed by atoms with van der Waals surface area (Å²) in [5.74, 6) is -0.914. The van der Waals surface area contributed by atoms with Gasteiger partial charge in [0.05, 0.1) is 32.0 Å². The number of benzene rings is 2. The number of furan rings is 1. The standard InChI is InChI=1S/C25H22N4O6/c1-34-24(32)18-11-9-17(10-12-18)23(31)28(15-19-8-5-13-35-19)20-21(26)29(25(33)27-22(20)30)14-16-6-3-2-4-7-16/h2-13H,14-15,26H2,1H3,(H,27,30,33). The molecule has 2 aromatic carbocycles. The van der Waals surface area contributed by atoms with Crippen molar-refractivity contribution < 1.29 is 18.7 Å². The maximum absolute atomic E-state index is 13.6. The predicted octanol–water partition coefficient (Wildman–Crippen LogP) is 2.39. The highest BCUT2D eigenvalue weighted by atomic mass is 16.5. The molecule has 0 radical (unpaired) electrons. The molecule has 0 bridgehead atoms. The van der Waals surface area contributed by atoms with Crippen molar-refractivity contribution in [2.75, 3.05) is 17.7 Å². The normalized spacial score (nSPS) is 10.7. The Balaban J connectivity index is 1.80. The molecule has 4 rings (SSSR count). The number of carbonyl (C=O) groups excluding carboxylic acids is 2. The molecule has 178 valence electrons. The third-order valence-corrected chi connectivity index (χ3v) is 5.36. The van der Waals surface area contributed by atoms with Crippen molar-refractivity contribution >= 4 is 23.4 Å². The Morgan fingerprint density at radius 2 is 1.69 bits per heavy atom. The first kappa shape index (κ1) is 23.3. The van der Waals surface area contributed by atoms with Gasteiger partial charge in [-0.1, -0.05) is 30.3 Å². The molecule has 0 aliphatic rings. The predicted molar refractivity (Wildman–Crippen MR) is 128 cm³/mol. The van der Waals surface area contributed by atoms with Crippen molar-refractivity contribution in [2.24, 2.45) is 0 Å². The molecule has 4 aromatic rings. The van der Waals surface area contributed by atoms with Gasteiger partial charge in [-0.05, 0) is 42.0 Å². The van der Waals surface area contributed by atoms with E-state index in [1.807, 2.05) is 30.3 Å². The van der Waals surface area contributed by atoms with Crippen LogP contribution in [-0.2, 0) is 17.8 Å². The molecule has 35 heavy (non-hydrogen) atoms. The second kappa shape index (κ2) is 9.96.